The average molecular weight is 295 g/mol. The van der Waals surface area contributed by atoms with E-state index in [0.717, 1.165) is 12.8 Å². The van der Waals surface area contributed by atoms with Crippen LogP contribution in [0.25, 0.3) is 0 Å². The molecule has 1 aromatic heterocycles. The third kappa shape index (κ3) is 6.11. The molecule has 0 radical (unpaired) electrons. The monoisotopic (exact) mass is 295 g/mol. The van der Waals surface area contributed by atoms with E-state index in [9.17, 15) is 9.59 Å². The predicted octanol–water partition coefficient (Wildman–Crippen LogP) is 2.25. The van der Waals surface area contributed by atoms with Gasteiger partial charge in [0.1, 0.15) is 6.04 Å². The number of pyridine rings is 1. The molecule has 0 saturated heterocycles. The Balaban J connectivity index is 2.52. The summed E-state index contributed by atoms with van der Waals surface area (Å²) in [6.07, 6.45) is 3.46. The minimum absolute atomic E-state index is 0.404. The lowest BCUT2D eigenvalue weighted by Gasteiger charge is -2.14. The highest BCUT2D eigenvalue weighted by Crippen LogP contribution is 2.11. The number of carbonyl (C=O) groups is 2. The Hall–Kier alpha value is -2.31. The van der Waals surface area contributed by atoms with Crippen LogP contribution < -0.4 is 15.4 Å². The third-order valence-electron chi connectivity index (χ3n) is 2.74. The molecule has 0 bridgehead atoms. The number of aliphatic carboxylic acids is 1. The standard InChI is InChI=1S/C14H21N3O4/c1-3-5-6-11(13(18)19)17-14(20)16-10-7-8-12(15-9-10)21-4-2/h7-9,11H,3-6H2,1-2H3,(H,18,19)(H2,16,17,20)/t11-/m0/s1. The van der Waals surface area contributed by atoms with Gasteiger partial charge in [0.15, 0.2) is 0 Å². The molecule has 0 aliphatic heterocycles. The number of carboxylic acid groups (broad SMARTS) is 1. The number of amides is 2. The van der Waals surface area contributed by atoms with Crippen LogP contribution in [0.2, 0.25) is 0 Å². The number of aromatic nitrogens is 1. The third-order valence-corrected chi connectivity index (χ3v) is 2.74. The fraction of sp³-hybridized carbons (Fsp3) is 0.500. The van der Waals surface area contributed by atoms with Crippen molar-refractivity contribution in [2.75, 3.05) is 11.9 Å². The van der Waals surface area contributed by atoms with E-state index < -0.39 is 18.0 Å². The second-order valence-electron chi connectivity index (χ2n) is 4.45. The molecule has 0 aliphatic carbocycles. The van der Waals surface area contributed by atoms with Crippen LogP contribution in [-0.2, 0) is 4.79 Å². The second-order valence-corrected chi connectivity index (χ2v) is 4.45. The summed E-state index contributed by atoms with van der Waals surface area (Å²) in [5.41, 5.74) is 0.468. The largest absolute Gasteiger partial charge is 0.480 e. The summed E-state index contributed by atoms with van der Waals surface area (Å²) in [6, 6.07) is 1.81. The molecule has 2 amide bonds. The van der Waals surface area contributed by atoms with Gasteiger partial charge < -0.3 is 20.5 Å². The number of unbranched alkanes of at least 4 members (excludes halogenated alkanes) is 1. The summed E-state index contributed by atoms with van der Waals surface area (Å²) in [5, 5.41) is 14.0. The fourth-order valence-corrected chi connectivity index (χ4v) is 1.68. The molecule has 21 heavy (non-hydrogen) atoms. The molecule has 1 rings (SSSR count). The molecule has 7 nitrogen and oxygen atoms in total. The first-order chi connectivity index (χ1) is 10.1. The highest BCUT2D eigenvalue weighted by atomic mass is 16.5. The molecule has 7 heteroatoms. The maximum absolute atomic E-state index is 11.8. The van der Waals surface area contributed by atoms with E-state index >= 15 is 0 Å². The van der Waals surface area contributed by atoms with Crippen molar-refractivity contribution in [3.8, 4) is 5.88 Å². The van der Waals surface area contributed by atoms with Crippen molar-refractivity contribution in [2.45, 2.75) is 39.2 Å². The van der Waals surface area contributed by atoms with Gasteiger partial charge in [-0.05, 0) is 19.4 Å². The van der Waals surface area contributed by atoms with E-state index in [4.69, 9.17) is 9.84 Å². The van der Waals surface area contributed by atoms with Gasteiger partial charge in [0.2, 0.25) is 5.88 Å². The Kier molecular flexibility index (Phi) is 7.00. The molecule has 0 fully saturated rings. The number of nitrogens with one attached hydrogen (secondary N) is 2. The number of ether oxygens (including phenoxy) is 1. The lowest BCUT2D eigenvalue weighted by molar-refractivity contribution is -0.139. The van der Waals surface area contributed by atoms with Gasteiger partial charge in [-0.2, -0.15) is 0 Å². The lowest BCUT2D eigenvalue weighted by atomic mass is 10.1. The summed E-state index contributed by atoms with van der Waals surface area (Å²) >= 11 is 0. The number of nitrogens with zero attached hydrogens (tertiary/aromatic N) is 1. The van der Waals surface area contributed by atoms with E-state index in [1.54, 1.807) is 12.1 Å². The van der Waals surface area contributed by atoms with E-state index in [-0.39, 0.29) is 0 Å². The Labute approximate surface area is 123 Å². The Bertz CT molecular complexity index is 462. The first-order valence-electron chi connectivity index (χ1n) is 6.96. The number of hydrogen-bond donors (Lipinski definition) is 3. The molecule has 116 valence electrons. The van der Waals surface area contributed by atoms with Gasteiger partial charge >= 0.3 is 12.0 Å². The van der Waals surface area contributed by atoms with Gasteiger partial charge in [-0.3, -0.25) is 0 Å². The van der Waals surface area contributed by atoms with Gasteiger partial charge in [-0.15, -0.1) is 0 Å². The van der Waals surface area contributed by atoms with E-state index in [1.807, 2.05) is 13.8 Å². The SMILES string of the molecule is CCCC[C@H](NC(=O)Nc1ccc(OCC)nc1)C(=O)O. The van der Waals surface area contributed by atoms with Gasteiger partial charge in [-0.1, -0.05) is 19.8 Å². The first-order valence-corrected chi connectivity index (χ1v) is 6.96. The van der Waals surface area contributed by atoms with Crippen LogP contribution in [0, 0.1) is 0 Å². The number of carboxylic acids is 1. The number of rotatable bonds is 8. The molecule has 0 aliphatic rings. The zero-order valence-corrected chi connectivity index (χ0v) is 12.3. The molecular formula is C14H21N3O4. The van der Waals surface area contributed by atoms with Crippen molar-refractivity contribution in [3.05, 3.63) is 18.3 Å². The van der Waals surface area contributed by atoms with Crippen LogP contribution >= 0.6 is 0 Å². The molecule has 0 saturated carbocycles. The van der Waals surface area contributed by atoms with Crippen LogP contribution in [0.4, 0.5) is 10.5 Å². The predicted molar refractivity (Wildman–Crippen MR) is 78.5 cm³/mol. The molecule has 1 heterocycles. The zero-order valence-electron chi connectivity index (χ0n) is 12.3. The van der Waals surface area contributed by atoms with Crippen LogP contribution in [-0.4, -0.2) is 34.7 Å². The van der Waals surface area contributed by atoms with Gasteiger partial charge in [0, 0.05) is 6.07 Å². The summed E-state index contributed by atoms with van der Waals surface area (Å²) in [5.74, 6) is -0.571. The number of urea groups is 1. The molecule has 0 spiro atoms. The van der Waals surface area contributed by atoms with Crippen LogP contribution in [0.3, 0.4) is 0 Å². The van der Waals surface area contributed by atoms with Gasteiger partial charge in [0.05, 0.1) is 18.5 Å². The van der Waals surface area contributed by atoms with Crippen molar-refractivity contribution < 1.29 is 19.4 Å². The summed E-state index contributed by atoms with van der Waals surface area (Å²) < 4.78 is 5.19. The quantitative estimate of drug-likeness (QED) is 0.683. The summed E-state index contributed by atoms with van der Waals surface area (Å²) in [4.78, 5) is 26.8. The van der Waals surface area contributed by atoms with Crippen molar-refractivity contribution in [2.24, 2.45) is 0 Å². The van der Waals surface area contributed by atoms with Crippen LogP contribution in [0.15, 0.2) is 18.3 Å². The van der Waals surface area contributed by atoms with Crippen molar-refractivity contribution in [1.29, 1.82) is 0 Å². The highest BCUT2D eigenvalue weighted by molar-refractivity contribution is 5.92. The van der Waals surface area contributed by atoms with Gasteiger partial charge in [-0.25, -0.2) is 14.6 Å². The summed E-state index contributed by atoms with van der Waals surface area (Å²) in [6.45, 7) is 4.33. The Morgan fingerprint density at radius 3 is 2.67 bits per heavy atom. The second kappa shape index (κ2) is 8.78. The number of anilines is 1. The van der Waals surface area contributed by atoms with Crippen LogP contribution in [0.5, 0.6) is 5.88 Å². The molecule has 0 unspecified atom stereocenters. The molecule has 1 atom stereocenters. The molecule has 1 aromatic rings. The first kappa shape index (κ1) is 16.7. The minimum Gasteiger partial charge on any atom is -0.480 e. The topological polar surface area (TPSA) is 101 Å². The molecule has 3 N–H and O–H groups in total. The molecule has 0 aromatic carbocycles. The normalized spacial score (nSPS) is 11.5. The minimum atomic E-state index is -1.04. The fourth-order valence-electron chi connectivity index (χ4n) is 1.68. The van der Waals surface area contributed by atoms with Crippen molar-refractivity contribution in [1.82, 2.24) is 10.3 Å². The maximum Gasteiger partial charge on any atom is 0.326 e. The zero-order chi connectivity index (χ0) is 15.7. The average Bonchev–Trinajstić information content (AvgIpc) is 2.45. The van der Waals surface area contributed by atoms with Crippen LogP contribution in [0.1, 0.15) is 33.1 Å². The lowest BCUT2D eigenvalue weighted by Crippen LogP contribution is -2.42. The molecular weight excluding hydrogens is 274 g/mol. The number of hydrogen-bond acceptors (Lipinski definition) is 4. The maximum atomic E-state index is 11.8. The van der Waals surface area contributed by atoms with Crippen molar-refractivity contribution in [3.63, 3.8) is 0 Å². The number of carbonyl (C=O) groups excluding carboxylic acids is 1. The van der Waals surface area contributed by atoms with E-state index in [1.165, 1.54) is 6.20 Å². The van der Waals surface area contributed by atoms with E-state index in [0.29, 0.717) is 24.6 Å². The van der Waals surface area contributed by atoms with Crippen molar-refractivity contribution >= 4 is 17.7 Å². The Morgan fingerprint density at radius 2 is 2.14 bits per heavy atom. The summed E-state index contributed by atoms with van der Waals surface area (Å²) in [7, 11) is 0. The smallest absolute Gasteiger partial charge is 0.326 e. The Morgan fingerprint density at radius 1 is 1.38 bits per heavy atom. The van der Waals surface area contributed by atoms with Gasteiger partial charge in [0.25, 0.3) is 0 Å². The highest BCUT2D eigenvalue weighted by Gasteiger charge is 2.19. The van der Waals surface area contributed by atoms with E-state index in [2.05, 4.69) is 15.6 Å².